The van der Waals surface area contributed by atoms with Crippen molar-refractivity contribution in [1.82, 2.24) is 0 Å². The van der Waals surface area contributed by atoms with E-state index in [1.54, 1.807) is 0 Å². The molecule has 0 radical (unpaired) electrons. The van der Waals surface area contributed by atoms with Crippen LogP contribution in [0.25, 0.3) is 120 Å². The lowest BCUT2D eigenvalue weighted by Gasteiger charge is -2.18. The molecule has 0 N–H and O–H groups in total. The number of hydrogen-bond acceptors (Lipinski definition) is 2. The zero-order chi connectivity index (χ0) is 35.3. The molecular formula is C52H30O2. The Kier molecular flexibility index (Phi) is 6.09. The van der Waals surface area contributed by atoms with E-state index in [2.05, 4.69) is 170 Å². The molecule has 54 heavy (non-hydrogen) atoms. The van der Waals surface area contributed by atoms with Crippen molar-refractivity contribution >= 4 is 87.0 Å². The molecule has 0 aliphatic rings. The lowest BCUT2D eigenvalue weighted by Crippen LogP contribution is -1.91. The van der Waals surface area contributed by atoms with Gasteiger partial charge >= 0.3 is 0 Å². The van der Waals surface area contributed by atoms with Crippen molar-refractivity contribution in [1.29, 1.82) is 0 Å². The van der Waals surface area contributed by atoms with Crippen LogP contribution in [0.15, 0.2) is 191 Å². The third-order valence-electron chi connectivity index (χ3n) is 11.4. The molecule has 0 atom stereocenters. The van der Waals surface area contributed by atoms with Crippen molar-refractivity contribution in [3.05, 3.63) is 182 Å². The van der Waals surface area contributed by atoms with Gasteiger partial charge < -0.3 is 8.83 Å². The summed E-state index contributed by atoms with van der Waals surface area (Å²) in [5.74, 6) is 0. The first kappa shape index (κ1) is 29.4. The zero-order valence-corrected chi connectivity index (χ0v) is 29.1. The van der Waals surface area contributed by atoms with Crippen LogP contribution in [0.3, 0.4) is 0 Å². The minimum absolute atomic E-state index is 0.842. The highest BCUT2D eigenvalue weighted by Crippen LogP contribution is 2.45. The van der Waals surface area contributed by atoms with E-state index in [1.165, 1.54) is 65.7 Å². The summed E-state index contributed by atoms with van der Waals surface area (Å²) in [4.78, 5) is 0. The SMILES string of the molecule is c1ccc2cc(-c3c4ccccc4c(-c4ccc(-c5ccc6c(ccc7c6oc6ccc8c9ccccc9oc8c67)c5)cc4)c4ccccc34)ccc2c1. The molecule has 0 aliphatic heterocycles. The first-order valence-electron chi connectivity index (χ1n) is 18.5. The van der Waals surface area contributed by atoms with Gasteiger partial charge in [-0.15, -0.1) is 0 Å². The van der Waals surface area contributed by atoms with Gasteiger partial charge in [0.2, 0.25) is 0 Å². The number of fused-ring (bicyclic) bond motifs is 12. The summed E-state index contributed by atoms with van der Waals surface area (Å²) in [6, 6.07) is 65.8. The third-order valence-corrected chi connectivity index (χ3v) is 11.4. The van der Waals surface area contributed by atoms with E-state index < -0.39 is 0 Å². The molecule has 0 unspecified atom stereocenters. The Morgan fingerprint density at radius 1 is 0.259 bits per heavy atom. The van der Waals surface area contributed by atoms with Gasteiger partial charge in [-0.2, -0.15) is 0 Å². The van der Waals surface area contributed by atoms with E-state index in [9.17, 15) is 0 Å². The minimum Gasteiger partial charge on any atom is -0.455 e. The Morgan fingerprint density at radius 3 is 1.54 bits per heavy atom. The highest BCUT2D eigenvalue weighted by atomic mass is 16.3. The fourth-order valence-electron chi connectivity index (χ4n) is 8.93. The summed E-state index contributed by atoms with van der Waals surface area (Å²) in [7, 11) is 0. The van der Waals surface area contributed by atoms with Crippen molar-refractivity contribution in [2.45, 2.75) is 0 Å². The van der Waals surface area contributed by atoms with E-state index in [0.717, 1.165) is 54.6 Å². The third kappa shape index (κ3) is 4.22. The Hall–Kier alpha value is -7.16. The molecule has 2 heteroatoms. The van der Waals surface area contributed by atoms with Gasteiger partial charge in [0.1, 0.15) is 22.3 Å². The van der Waals surface area contributed by atoms with Crippen LogP contribution in [0.5, 0.6) is 0 Å². The molecule has 0 amide bonds. The Labute approximate surface area is 310 Å². The monoisotopic (exact) mass is 686 g/mol. The zero-order valence-electron chi connectivity index (χ0n) is 29.1. The number of rotatable bonds is 3. The van der Waals surface area contributed by atoms with Gasteiger partial charge in [-0.1, -0.05) is 140 Å². The van der Waals surface area contributed by atoms with Crippen molar-refractivity contribution < 1.29 is 8.83 Å². The average molecular weight is 687 g/mol. The van der Waals surface area contributed by atoms with Crippen LogP contribution in [0.2, 0.25) is 0 Å². The lowest BCUT2D eigenvalue weighted by molar-refractivity contribution is 0.665. The molecule has 2 heterocycles. The molecule has 0 fully saturated rings. The summed E-state index contributed by atoms with van der Waals surface area (Å²) >= 11 is 0. The molecule has 12 rings (SSSR count). The number of benzene rings is 10. The maximum atomic E-state index is 6.55. The summed E-state index contributed by atoms with van der Waals surface area (Å²) < 4.78 is 12.9. The van der Waals surface area contributed by atoms with Crippen LogP contribution >= 0.6 is 0 Å². The number of hydrogen-bond donors (Lipinski definition) is 0. The van der Waals surface area contributed by atoms with Gasteiger partial charge in [-0.25, -0.2) is 0 Å². The molecule has 0 saturated carbocycles. The summed E-state index contributed by atoms with van der Waals surface area (Å²) in [6.07, 6.45) is 0. The van der Waals surface area contributed by atoms with Gasteiger partial charge in [0, 0.05) is 21.5 Å². The Morgan fingerprint density at radius 2 is 0.778 bits per heavy atom. The van der Waals surface area contributed by atoms with Gasteiger partial charge in [0.15, 0.2) is 0 Å². The summed E-state index contributed by atoms with van der Waals surface area (Å²) in [6.45, 7) is 0. The van der Waals surface area contributed by atoms with Crippen molar-refractivity contribution in [3.8, 4) is 33.4 Å². The van der Waals surface area contributed by atoms with E-state index in [1.807, 2.05) is 12.1 Å². The first-order valence-corrected chi connectivity index (χ1v) is 18.5. The summed E-state index contributed by atoms with van der Waals surface area (Å²) in [5.41, 5.74) is 10.8. The molecule has 0 saturated heterocycles. The standard InChI is InChI=1S/C52H30O2/c1-2-10-34-30-37(22-19-31(34)9-1)49-42-14-5-3-12-40(42)48(41-13-4-6-15-43(41)49)33-20-17-32(18-21-33)35-23-25-38-36(29-35)24-26-45-50-47(54-51(38)45)28-27-44-39-11-7-8-16-46(39)53-52(44)50/h1-30H. The molecular weight excluding hydrogens is 657 g/mol. The van der Waals surface area contributed by atoms with E-state index in [-0.39, 0.29) is 0 Å². The van der Waals surface area contributed by atoms with Gasteiger partial charge in [-0.05, 0) is 114 Å². The molecule has 2 aromatic heterocycles. The largest absolute Gasteiger partial charge is 0.455 e. The van der Waals surface area contributed by atoms with Gasteiger partial charge in [0.25, 0.3) is 0 Å². The Bertz CT molecular complexity index is 3430. The van der Waals surface area contributed by atoms with E-state index in [0.29, 0.717) is 0 Å². The maximum Gasteiger partial charge on any atom is 0.147 e. The summed E-state index contributed by atoms with van der Waals surface area (Å²) in [5, 5.41) is 14.1. The van der Waals surface area contributed by atoms with Crippen LogP contribution in [-0.4, -0.2) is 0 Å². The smallest absolute Gasteiger partial charge is 0.147 e. The van der Waals surface area contributed by atoms with Crippen molar-refractivity contribution in [2.75, 3.05) is 0 Å². The lowest BCUT2D eigenvalue weighted by atomic mass is 9.85. The van der Waals surface area contributed by atoms with E-state index in [4.69, 9.17) is 8.83 Å². The van der Waals surface area contributed by atoms with E-state index >= 15 is 0 Å². The fraction of sp³-hybridized carbons (Fsp3) is 0. The molecule has 0 bridgehead atoms. The van der Waals surface area contributed by atoms with Crippen molar-refractivity contribution in [3.63, 3.8) is 0 Å². The highest BCUT2D eigenvalue weighted by molar-refractivity contribution is 6.25. The predicted octanol–water partition coefficient (Wildman–Crippen LogP) is 15.1. The van der Waals surface area contributed by atoms with Crippen LogP contribution in [0.1, 0.15) is 0 Å². The fourth-order valence-corrected chi connectivity index (χ4v) is 8.93. The van der Waals surface area contributed by atoms with Crippen LogP contribution in [0.4, 0.5) is 0 Å². The normalized spacial score (nSPS) is 12.1. The molecule has 0 spiro atoms. The second kappa shape index (κ2) is 11.2. The maximum absolute atomic E-state index is 6.55. The van der Waals surface area contributed by atoms with Gasteiger partial charge in [-0.3, -0.25) is 0 Å². The topological polar surface area (TPSA) is 26.3 Å². The van der Waals surface area contributed by atoms with Crippen LogP contribution in [-0.2, 0) is 0 Å². The molecule has 12 aromatic rings. The Balaban J connectivity index is 0.974. The average Bonchev–Trinajstić information content (AvgIpc) is 3.81. The number of furan rings is 2. The van der Waals surface area contributed by atoms with Gasteiger partial charge in [0.05, 0.1) is 5.39 Å². The molecule has 250 valence electrons. The quantitative estimate of drug-likeness (QED) is 0.173. The second-order valence-electron chi connectivity index (χ2n) is 14.4. The molecule has 2 nitrogen and oxygen atoms in total. The van der Waals surface area contributed by atoms with Crippen molar-refractivity contribution in [2.24, 2.45) is 0 Å². The molecule has 0 aliphatic carbocycles. The molecule has 10 aromatic carbocycles. The van der Waals surface area contributed by atoms with Crippen LogP contribution in [0, 0.1) is 0 Å². The predicted molar refractivity (Wildman–Crippen MR) is 227 cm³/mol. The number of para-hydroxylation sites is 1. The highest BCUT2D eigenvalue weighted by Gasteiger charge is 2.19. The van der Waals surface area contributed by atoms with Crippen LogP contribution < -0.4 is 0 Å². The second-order valence-corrected chi connectivity index (χ2v) is 14.4. The minimum atomic E-state index is 0.842. The first-order chi connectivity index (χ1) is 26.8.